The van der Waals surface area contributed by atoms with E-state index in [1.807, 2.05) is 19.0 Å². The van der Waals surface area contributed by atoms with Crippen LogP contribution in [0.15, 0.2) is 0 Å². The topological polar surface area (TPSA) is 72.9 Å². The Hall–Kier alpha value is -1.14. The van der Waals surface area contributed by atoms with Gasteiger partial charge in [-0.05, 0) is 14.1 Å². The number of likely N-dealkylation sites (N-methyl/N-ethyl adjacent to an activating group) is 2. The second-order valence-electron chi connectivity index (χ2n) is 5.96. The third kappa shape index (κ3) is 6.02. The fourth-order valence-corrected chi connectivity index (χ4v) is 1.57. The van der Waals surface area contributed by atoms with Crippen LogP contribution in [0.25, 0.3) is 0 Å². The predicted octanol–water partition coefficient (Wildman–Crippen LogP) is -0.470. The maximum Gasteiger partial charge on any atom is 0.245 e. The van der Waals surface area contributed by atoms with E-state index in [1.165, 1.54) is 4.90 Å². The Bertz CT molecular complexity index is 311. The maximum absolute atomic E-state index is 12.1. The normalized spacial score (nSPS) is 13.3. The lowest BCUT2D eigenvalue weighted by Crippen LogP contribution is -2.53. The molecule has 19 heavy (non-hydrogen) atoms. The van der Waals surface area contributed by atoms with Gasteiger partial charge in [0, 0.05) is 25.6 Å². The van der Waals surface area contributed by atoms with Gasteiger partial charge in [0.15, 0.2) is 0 Å². The van der Waals surface area contributed by atoms with E-state index in [9.17, 15) is 14.7 Å². The highest BCUT2D eigenvalue weighted by molar-refractivity contribution is 5.89. The number of nitrogens with one attached hydrogen (secondary N) is 1. The minimum atomic E-state index is -0.839. The van der Waals surface area contributed by atoms with Crippen molar-refractivity contribution in [1.29, 1.82) is 0 Å². The van der Waals surface area contributed by atoms with Gasteiger partial charge < -0.3 is 20.2 Å². The zero-order valence-electron chi connectivity index (χ0n) is 12.9. The third-order valence-corrected chi connectivity index (χ3v) is 2.76. The lowest BCUT2D eigenvalue weighted by atomic mass is 9.94. The standard InChI is InChI=1S/C13H27N3O3/c1-13(2,3)12(19)16(6)10(9-17)11(18)14-7-8-15(4)5/h10,17H,7-9H2,1-6H3,(H,14,18). The van der Waals surface area contributed by atoms with Crippen LogP contribution in [-0.2, 0) is 9.59 Å². The van der Waals surface area contributed by atoms with Crippen molar-refractivity contribution < 1.29 is 14.7 Å². The van der Waals surface area contributed by atoms with Gasteiger partial charge in [0.1, 0.15) is 6.04 Å². The molecule has 0 saturated carbocycles. The first kappa shape index (κ1) is 17.9. The molecule has 6 nitrogen and oxygen atoms in total. The molecule has 2 N–H and O–H groups in total. The van der Waals surface area contributed by atoms with Crippen molar-refractivity contribution in [3.63, 3.8) is 0 Å². The second-order valence-corrected chi connectivity index (χ2v) is 5.96. The van der Waals surface area contributed by atoms with E-state index in [0.29, 0.717) is 13.1 Å². The smallest absolute Gasteiger partial charge is 0.245 e. The minimum Gasteiger partial charge on any atom is -0.394 e. The number of carbonyl (C=O) groups excluding carboxylic acids is 2. The summed E-state index contributed by atoms with van der Waals surface area (Å²) >= 11 is 0. The van der Waals surface area contributed by atoms with Crippen LogP contribution in [0, 0.1) is 5.41 Å². The fourth-order valence-electron chi connectivity index (χ4n) is 1.57. The van der Waals surface area contributed by atoms with Crippen LogP contribution in [0.4, 0.5) is 0 Å². The molecule has 0 aromatic heterocycles. The Labute approximate surface area is 115 Å². The molecule has 0 aromatic rings. The van der Waals surface area contributed by atoms with Crippen LogP contribution in [0.1, 0.15) is 20.8 Å². The molecule has 0 bridgehead atoms. The van der Waals surface area contributed by atoms with Gasteiger partial charge in [-0.3, -0.25) is 9.59 Å². The monoisotopic (exact) mass is 273 g/mol. The highest BCUT2D eigenvalue weighted by atomic mass is 16.3. The van der Waals surface area contributed by atoms with Gasteiger partial charge in [-0.2, -0.15) is 0 Å². The zero-order chi connectivity index (χ0) is 15.2. The van der Waals surface area contributed by atoms with Crippen molar-refractivity contribution in [3.05, 3.63) is 0 Å². The summed E-state index contributed by atoms with van der Waals surface area (Å²) < 4.78 is 0. The van der Waals surface area contributed by atoms with E-state index < -0.39 is 11.5 Å². The Morgan fingerprint density at radius 1 is 1.21 bits per heavy atom. The predicted molar refractivity (Wildman–Crippen MR) is 74.7 cm³/mol. The molecule has 0 heterocycles. The Morgan fingerprint density at radius 3 is 2.11 bits per heavy atom. The third-order valence-electron chi connectivity index (χ3n) is 2.76. The summed E-state index contributed by atoms with van der Waals surface area (Å²) in [5, 5.41) is 12.0. The van der Waals surface area contributed by atoms with E-state index in [0.717, 1.165) is 0 Å². The number of aliphatic hydroxyl groups is 1. The SMILES string of the molecule is CN(C)CCNC(=O)C(CO)N(C)C(=O)C(C)(C)C. The first-order valence-electron chi connectivity index (χ1n) is 6.41. The van der Waals surface area contributed by atoms with E-state index in [-0.39, 0.29) is 18.4 Å². The average molecular weight is 273 g/mol. The molecule has 0 fully saturated rings. The van der Waals surface area contributed by atoms with E-state index in [1.54, 1.807) is 27.8 Å². The summed E-state index contributed by atoms with van der Waals surface area (Å²) in [6.45, 7) is 6.16. The maximum atomic E-state index is 12.1. The highest BCUT2D eigenvalue weighted by Crippen LogP contribution is 2.17. The Morgan fingerprint density at radius 2 is 1.74 bits per heavy atom. The minimum absolute atomic E-state index is 0.172. The number of hydrogen-bond acceptors (Lipinski definition) is 4. The molecule has 112 valence electrons. The number of aliphatic hydroxyl groups excluding tert-OH is 1. The van der Waals surface area contributed by atoms with E-state index in [4.69, 9.17) is 0 Å². The van der Waals surface area contributed by atoms with Crippen molar-refractivity contribution in [2.24, 2.45) is 5.41 Å². The Kier molecular flexibility index (Phi) is 7.00. The number of nitrogens with zero attached hydrogens (tertiary/aromatic N) is 2. The van der Waals surface area contributed by atoms with Crippen molar-refractivity contribution >= 4 is 11.8 Å². The first-order chi connectivity index (χ1) is 8.61. The van der Waals surface area contributed by atoms with E-state index >= 15 is 0 Å². The molecule has 1 atom stereocenters. The van der Waals surface area contributed by atoms with Gasteiger partial charge in [-0.1, -0.05) is 20.8 Å². The van der Waals surface area contributed by atoms with Crippen LogP contribution in [0.3, 0.4) is 0 Å². The molecule has 0 aliphatic rings. The quantitative estimate of drug-likeness (QED) is 0.686. The summed E-state index contributed by atoms with van der Waals surface area (Å²) in [7, 11) is 5.36. The lowest BCUT2D eigenvalue weighted by molar-refractivity contribution is -0.146. The fraction of sp³-hybridized carbons (Fsp3) is 0.846. The van der Waals surface area contributed by atoms with E-state index in [2.05, 4.69) is 5.32 Å². The number of amides is 2. The van der Waals surface area contributed by atoms with Gasteiger partial charge in [0.2, 0.25) is 11.8 Å². The summed E-state index contributed by atoms with van der Waals surface area (Å²) in [5.74, 6) is -0.501. The molecular weight excluding hydrogens is 246 g/mol. The van der Waals surface area contributed by atoms with Crippen LogP contribution >= 0.6 is 0 Å². The molecule has 0 aliphatic carbocycles. The molecule has 1 unspecified atom stereocenters. The lowest BCUT2D eigenvalue weighted by Gasteiger charge is -2.31. The zero-order valence-corrected chi connectivity index (χ0v) is 12.9. The van der Waals surface area contributed by atoms with Crippen LogP contribution in [0.2, 0.25) is 0 Å². The first-order valence-corrected chi connectivity index (χ1v) is 6.41. The molecule has 6 heteroatoms. The van der Waals surface area contributed by atoms with Crippen molar-refractivity contribution in [2.45, 2.75) is 26.8 Å². The molecule has 0 radical (unpaired) electrons. The van der Waals surface area contributed by atoms with Gasteiger partial charge in [-0.15, -0.1) is 0 Å². The summed E-state index contributed by atoms with van der Waals surface area (Å²) in [5.41, 5.74) is -0.577. The molecule has 0 aliphatic heterocycles. The second kappa shape index (κ2) is 7.45. The largest absolute Gasteiger partial charge is 0.394 e. The molecule has 0 aromatic carbocycles. The van der Waals surface area contributed by atoms with Crippen molar-refractivity contribution in [2.75, 3.05) is 40.8 Å². The highest BCUT2D eigenvalue weighted by Gasteiger charge is 2.32. The Balaban J connectivity index is 4.55. The molecule has 2 amide bonds. The number of hydrogen-bond donors (Lipinski definition) is 2. The number of rotatable bonds is 6. The van der Waals surface area contributed by atoms with Crippen molar-refractivity contribution in [3.8, 4) is 0 Å². The molecular formula is C13H27N3O3. The van der Waals surface area contributed by atoms with Crippen molar-refractivity contribution in [1.82, 2.24) is 15.1 Å². The summed E-state index contributed by atoms with van der Waals surface area (Å²) in [6.07, 6.45) is 0. The molecule has 0 saturated heterocycles. The van der Waals surface area contributed by atoms with Gasteiger partial charge in [0.05, 0.1) is 6.61 Å². The van der Waals surface area contributed by atoms with Gasteiger partial charge in [0.25, 0.3) is 0 Å². The summed E-state index contributed by atoms with van der Waals surface area (Å²) in [4.78, 5) is 27.3. The summed E-state index contributed by atoms with van der Waals surface area (Å²) in [6, 6.07) is -0.839. The van der Waals surface area contributed by atoms with Gasteiger partial charge >= 0.3 is 0 Å². The van der Waals surface area contributed by atoms with Crippen LogP contribution < -0.4 is 5.32 Å². The number of carbonyl (C=O) groups is 2. The molecule has 0 rings (SSSR count). The van der Waals surface area contributed by atoms with Crippen LogP contribution in [0.5, 0.6) is 0 Å². The van der Waals surface area contributed by atoms with Gasteiger partial charge in [-0.25, -0.2) is 0 Å². The molecule has 0 spiro atoms. The van der Waals surface area contributed by atoms with Crippen LogP contribution in [-0.4, -0.2) is 73.6 Å². The average Bonchev–Trinajstić information content (AvgIpc) is 2.26.